The fourth-order valence-electron chi connectivity index (χ4n) is 7.89. The molecule has 0 heterocycles. The molecule has 8 atom stereocenters. The Kier molecular flexibility index (Phi) is 5.59. The minimum atomic E-state index is 0.356. The Morgan fingerprint density at radius 1 is 1.23 bits per heavy atom. The van der Waals surface area contributed by atoms with Crippen LogP contribution in [0.25, 0.3) is 0 Å². The molecule has 4 heteroatoms. The van der Waals surface area contributed by atoms with Crippen LogP contribution in [0.1, 0.15) is 72.1 Å². The monoisotopic (exact) mass is 395 g/mol. The van der Waals surface area contributed by atoms with Gasteiger partial charge in [0, 0.05) is 6.61 Å². The fraction of sp³-hybridized carbons (Fsp3) is 0.909. The number of thiol groups is 1. The molecule has 0 aromatic rings. The van der Waals surface area contributed by atoms with Crippen molar-refractivity contribution >= 4 is 18.8 Å². The van der Waals surface area contributed by atoms with Crippen LogP contribution in [0.4, 0.5) is 0 Å². The zero-order valence-corrected chi connectivity index (χ0v) is 18.4. The first kappa shape index (κ1) is 19.7. The Balaban J connectivity index is 1.59. The maximum atomic E-state index is 9.77. The molecule has 0 aliphatic heterocycles. The van der Waals surface area contributed by atoms with Gasteiger partial charge in [-0.2, -0.15) is 0 Å². The summed E-state index contributed by atoms with van der Waals surface area (Å²) < 4.78 is 5.82. The summed E-state index contributed by atoms with van der Waals surface area (Å²) in [6, 6.07) is 0. The molecule has 0 amide bonds. The van der Waals surface area contributed by atoms with Gasteiger partial charge in [0.05, 0.1) is 0 Å². The summed E-state index contributed by atoms with van der Waals surface area (Å²) in [4.78, 5) is 0. The predicted molar refractivity (Wildman–Crippen MR) is 112 cm³/mol. The number of rotatable bonds is 3. The molecule has 4 aliphatic rings. The first-order chi connectivity index (χ1) is 12.4. The topological polar surface area (TPSA) is 29.5 Å². The average Bonchev–Trinajstić information content (AvgIpc) is 2.99. The number of allylic oxidation sites excluding steroid dienone is 1. The van der Waals surface area contributed by atoms with E-state index in [4.69, 9.17) is 4.18 Å². The maximum absolute atomic E-state index is 9.77. The van der Waals surface area contributed by atoms with Crippen molar-refractivity contribution in [3.8, 4) is 0 Å². The number of fused-ring (bicyclic) bond motifs is 5. The average molecular weight is 396 g/mol. The van der Waals surface area contributed by atoms with Crippen molar-refractivity contribution in [1.29, 1.82) is 0 Å². The molecule has 4 rings (SSSR count). The first-order valence-electron chi connectivity index (χ1n) is 10.7. The van der Waals surface area contributed by atoms with Gasteiger partial charge in [-0.05, 0) is 0 Å². The van der Waals surface area contributed by atoms with Gasteiger partial charge < -0.3 is 5.11 Å². The third kappa shape index (κ3) is 2.95. The SMILES string of the molecule is C[C@H](CO)[C@H]1CC[C@H]2[C@@H]3CC=C4C[C@@H](O[SH-]#P)CC[C@]4(C)[C@H]3CC[C@]12C. The zero-order valence-electron chi connectivity index (χ0n) is 16.7. The van der Waals surface area contributed by atoms with Crippen molar-refractivity contribution in [3.63, 3.8) is 0 Å². The number of aliphatic hydroxyl groups excluding tert-OH is 1. The van der Waals surface area contributed by atoms with E-state index < -0.39 is 0 Å². The molecule has 3 fully saturated rings. The summed E-state index contributed by atoms with van der Waals surface area (Å²) in [6.07, 6.45) is 13.3. The second kappa shape index (κ2) is 7.36. The van der Waals surface area contributed by atoms with E-state index in [0.717, 1.165) is 41.1 Å². The van der Waals surface area contributed by atoms with E-state index in [1.807, 2.05) is 0 Å². The molecule has 3 saturated carbocycles. The second-order valence-corrected chi connectivity index (χ2v) is 11.1. The fourth-order valence-corrected chi connectivity index (χ4v) is 8.60. The molecular weight excluding hydrogens is 359 g/mol. The summed E-state index contributed by atoms with van der Waals surface area (Å²) >= 11 is 0.776. The van der Waals surface area contributed by atoms with Crippen LogP contribution >= 0.6 is 7.81 Å². The third-order valence-corrected chi connectivity index (χ3v) is 9.98. The van der Waals surface area contributed by atoms with E-state index in [-0.39, 0.29) is 0 Å². The number of aliphatic hydroxyl groups is 1. The molecule has 0 unspecified atom stereocenters. The Hall–Kier alpha value is 0.440. The first-order valence-corrected chi connectivity index (χ1v) is 12.7. The van der Waals surface area contributed by atoms with Gasteiger partial charge in [-0.3, -0.25) is 0 Å². The van der Waals surface area contributed by atoms with Gasteiger partial charge in [0.15, 0.2) is 0 Å². The van der Waals surface area contributed by atoms with Gasteiger partial charge in [-0.15, -0.1) is 0 Å². The Bertz CT molecular complexity index is 628. The van der Waals surface area contributed by atoms with Gasteiger partial charge >= 0.3 is 146 Å². The van der Waals surface area contributed by atoms with Gasteiger partial charge in [0.25, 0.3) is 0 Å². The summed E-state index contributed by atoms with van der Waals surface area (Å²) in [6.45, 7) is 7.76. The third-order valence-electron chi connectivity index (χ3n) is 9.30. The predicted octanol–water partition coefficient (Wildman–Crippen LogP) is 5.63. The normalized spacial score (nSPS) is 48.9. The van der Waals surface area contributed by atoms with Crippen LogP contribution < -0.4 is 0 Å². The van der Waals surface area contributed by atoms with E-state index in [0.29, 0.717) is 29.5 Å². The number of hydrogen-bond acceptors (Lipinski definition) is 3. The van der Waals surface area contributed by atoms with Crippen LogP contribution in [0.2, 0.25) is 0 Å². The van der Waals surface area contributed by atoms with Crippen molar-refractivity contribution in [1.82, 2.24) is 0 Å². The molecule has 1 N–H and O–H groups in total. The molecule has 0 spiro atoms. The standard InChI is InChI=1S/C22H36O2PS/c1-14(13-23)18-6-7-19-17-5-4-15-12-16(24-26-25)8-10-21(15,2)20(17)9-11-22(18,19)3/h4,14,16-20,23,26H,5-13H2,1-3H3/q-1/t14-,16+,17+,18-,19+,20+,21+,22-/m1/s1. The van der Waals surface area contributed by atoms with Crippen molar-refractivity contribution < 1.29 is 9.29 Å². The van der Waals surface area contributed by atoms with Gasteiger partial charge in [0.1, 0.15) is 0 Å². The molecule has 0 aromatic heterocycles. The van der Waals surface area contributed by atoms with Crippen LogP contribution in [0.5, 0.6) is 0 Å². The molecular formula is C22H36O2PS-. The summed E-state index contributed by atoms with van der Waals surface area (Å²) in [5, 5.41) is 9.77. The van der Waals surface area contributed by atoms with E-state index in [2.05, 4.69) is 34.7 Å². The minimum absolute atomic E-state index is 0.356. The van der Waals surface area contributed by atoms with Crippen LogP contribution in [0.15, 0.2) is 11.6 Å². The second-order valence-electron chi connectivity index (χ2n) is 10.2. The van der Waals surface area contributed by atoms with E-state index in [9.17, 15) is 5.11 Å². The Labute approximate surface area is 165 Å². The molecule has 4 aliphatic carbocycles. The van der Waals surface area contributed by atoms with E-state index in [1.165, 1.54) is 44.9 Å². The van der Waals surface area contributed by atoms with Crippen LogP contribution in [0.3, 0.4) is 0 Å². The van der Waals surface area contributed by atoms with Gasteiger partial charge in [-0.1, -0.05) is 6.92 Å². The van der Waals surface area contributed by atoms with Crippen molar-refractivity contribution in [2.45, 2.75) is 78.2 Å². The Morgan fingerprint density at radius 3 is 2.77 bits per heavy atom. The quantitative estimate of drug-likeness (QED) is 0.290. The Morgan fingerprint density at radius 2 is 2.04 bits per heavy atom. The summed E-state index contributed by atoms with van der Waals surface area (Å²) in [7, 11) is 4.24. The molecule has 0 aromatic carbocycles. The zero-order chi connectivity index (χ0) is 18.5. The molecule has 0 saturated heterocycles. The van der Waals surface area contributed by atoms with Crippen LogP contribution in [0, 0.1) is 40.4 Å². The van der Waals surface area contributed by atoms with E-state index in [1.54, 1.807) is 5.57 Å². The molecule has 0 bridgehead atoms. The molecule has 2 nitrogen and oxygen atoms in total. The summed E-state index contributed by atoms with van der Waals surface area (Å²) in [5.41, 5.74) is 2.54. The molecule has 148 valence electrons. The van der Waals surface area contributed by atoms with Gasteiger partial charge in [0.2, 0.25) is 0 Å². The molecule has 26 heavy (non-hydrogen) atoms. The van der Waals surface area contributed by atoms with E-state index >= 15 is 0 Å². The molecule has 0 radical (unpaired) electrons. The summed E-state index contributed by atoms with van der Waals surface area (Å²) in [5.74, 6) is 3.76. The van der Waals surface area contributed by atoms with Crippen molar-refractivity contribution in [2.75, 3.05) is 6.61 Å². The van der Waals surface area contributed by atoms with Crippen LogP contribution in [-0.4, -0.2) is 17.8 Å². The van der Waals surface area contributed by atoms with Crippen molar-refractivity contribution in [2.24, 2.45) is 40.4 Å². The number of hydrogen-bond donors (Lipinski definition) is 1. The van der Waals surface area contributed by atoms with Gasteiger partial charge in [-0.25, -0.2) is 0 Å². The van der Waals surface area contributed by atoms with Crippen LogP contribution in [-0.2, 0) is 15.2 Å². The van der Waals surface area contributed by atoms with Crippen molar-refractivity contribution in [3.05, 3.63) is 11.6 Å².